The molecule has 0 spiro atoms. The van der Waals surface area contributed by atoms with Gasteiger partial charge in [0.1, 0.15) is 5.78 Å². The minimum Gasteiger partial charge on any atom is -0.466 e. The number of hydrogen-bond donors (Lipinski definition) is 0. The second-order valence-corrected chi connectivity index (χ2v) is 11.0. The third-order valence-corrected chi connectivity index (χ3v) is 8.05. The van der Waals surface area contributed by atoms with Crippen molar-refractivity contribution in [3.8, 4) is 0 Å². The Hall–Kier alpha value is -1.89. The van der Waals surface area contributed by atoms with Crippen LogP contribution in [0.5, 0.6) is 0 Å². The molecule has 0 bridgehead atoms. The summed E-state index contributed by atoms with van der Waals surface area (Å²) in [6, 6.07) is 10.4. The van der Waals surface area contributed by atoms with Gasteiger partial charge >= 0.3 is 5.97 Å². The van der Waals surface area contributed by atoms with Crippen LogP contribution in [-0.2, 0) is 23.8 Å². The van der Waals surface area contributed by atoms with Crippen LogP contribution >= 0.6 is 11.8 Å². The molecule has 0 amide bonds. The third-order valence-electron chi connectivity index (χ3n) is 6.78. The molecule has 5 nitrogen and oxygen atoms in total. The monoisotopic (exact) mass is 544 g/mol. The van der Waals surface area contributed by atoms with Crippen molar-refractivity contribution in [1.29, 1.82) is 0 Å². The van der Waals surface area contributed by atoms with E-state index < -0.39 is 0 Å². The lowest BCUT2D eigenvalue weighted by molar-refractivity contribution is -0.166. The lowest BCUT2D eigenvalue weighted by atomic mass is 9.87. The molecule has 1 aromatic rings. The number of unbranched alkanes of at least 4 members (excludes halogenated alkanes) is 4. The quantitative estimate of drug-likeness (QED) is 0.0579. The third kappa shape index (κ3) is 11.9. The molecule has 0 N–H and O–H groups in total. The minimum absolute atomic E-state index is 0.0461. The van der Waals surface area contributed by atoms with Crippen molar-refractivity contribution in [3.63, 3.8) is 0 Å². The fraction of sp³-hybridized carbons (Fsp3) is 0.625. The number of carbonyl (C=O) groups is 2. The highest BCUT2D eigenvalue weighted by Gasteiger charge is 2.46. The predicted molar refractivity (Wildman–Crippen MR) is 156 cm³/mol. The minimum atomic E-state index is -0.350. The van der Waals surface area contributed by atoms with Crippen molar-refractivity contribution < 1.29 is 23.8 Å². The number of Topliss-reactive ketones (excluding diaryl/α,β-unsaturated/α-hetero) is 1. The lowest BCUT2D eigenvalue weighted by Gasteiger charge is -2.29. The van der Waals surface area contributed by atoms with Gasteiger partial charge in [-0.05, 0) is 65.0 Å². The first-order chi connectivity index (χ1) is 18.5. The molecule has 1 saturated carbocycles. The van der Waals surface area contributed by atoms with Crippen LogP contribution in [0.1, 0.15) is 85.5 Å². The Morgan fingerprint density at radius 3 is 2.50 bits per heavy atom. The molecule has 2 rings (SSSR count). The van der Waals surface area contributed by atoms with Gasteiger partial charge in [0.05, 0.1) is 12.7 Å². The summed E-state index contributed by atoms with van der Waals surface area (Å²) in [4.78, 5) is 26.3. The first-order valence-corrected chi connectivity index (χ1v) is 15.4. The van der Waals surface area contributed by atoms with Crippen LogP contribution < -0.4 is 0 Å². The molecule has 1 unspecified atom stereocenters. The van der Waals surface area contributed by atoms with Crippen LogP contribution in [0.25, 0.3) is 0 Å². The molecule has 0 heterocycles. The fourth-order valence-electron chi connectivity index (χ4n) is 4.95. The molecule has 38 heavy (non-hydrogen) atoms. The molecule has 0 saturated heterocycles. The molecule has 1 aliphatic rings. The maximum Gasteiger partial charge on any atom is 0.305 e. The summed E-state index contributed by atoms with van der Waals surface area (Å²) in [5, 5.41) is 0.0461. The van der Waals surface area contributed by atoms with Crippen molar-refractivity contribution in [3.05, 3.63) is 54.6 Å². The predicted octanol–water partition coefficient (Wildman–Crippen LogP) is 7.94. The Morgan fingerprint density at radius 2 is 1.79 bits per heavy atom. The normalized spacial score (nSPS) is 21.4. The summed E-state index contributed by atoms with van der Waals surface area (Å²) >= 11 is 1.77. The van der Waals surface area contributed by atoms with Gasteiger partial charge < -0.3 is 14.2 Å². The van der Waals surface area contributed by atoms with Crippen molar-refractivity contribution in [2.45, 2.75) is 108 Å². The molecule has 5 atom stereocenters. The highest BCUT2D eigenvalue weighted by molar-refractivity contribution is 8.00. The molecule has 0 aromatic heterocycles. The summed E-state index contributed by atoms with van der Waals surface area (Å²) in [6.45, 7) is 8.90. The second kappa shape index (κ2) is 19.2. The summed E-state index contributed by atoms with van der Waals surface area (Å²) in [7, 11) is 0. The largest absolute Gasteiger partial charge is 0.466 e. The molecule has 212 valence electrons. The summed E-state index contributed by atoms with van der Waals surface area (Å²) in [6.07, 6.45) is 16.1. The summed E-state index contributed by atoms with van der Waals surface area (Å²) in [5.74, 6) is 0.0529. The van der Waals surface area contributed by atoms with Crippen LogP contribution in [-0.4, -0.2) is 42.6 Å². The Labute approximate surface area is 234 Å². The maximum atomic E-state index is 13.5. The van der Waals surface area contributed by atoms with Crippen LogP contribution in [0.2, 0.25) is 0 Å². The number of thioether (sulfide) groups is 1. The highest BCUT2D eigenvalue weighted by Crippen LogP contribution is 2.43. The van der Waals surface area contributed by atoms with Gasteiger partial charge in [-0.1, -0.05) is 62.3 Å². The molecule has 6 heteroatoms. The van der Waals surface area contributed by atoms with Crippen LogP contribution in [0, 0.1) is 11.8 Å². The average molecular weight is 545 g/mol. The Kier molecular flexibility index (Phi) is 16.3. The number of allylic oxidation sites excluding steroid dienone is 3. The van der Waals surface area contributed by atoms with Crippen molar-refractivity contribution >= 4 is 23.5 Å². The number of benzene rings is 1. The van der Waals surface area contributed by atoms with Gasteiger partial charge in [0.15, 0.2) is 6.29 Å². The van der Waals surface area contributed by atoms with Gasteiger partial charge in [0, 0.05) is 41.4 Å². The first kappa shape index (κ1) is 32.3. The van der Waals surface area contributed by atoms with Crippen molar-refractivity contribution in [2.24, 2.45) is 11.8 Å². The number of ketones is 1. The maximum absolute atomic E-state index is 13.5. The SMILES string of the molecule is CCCCC/C=C/[C@@H](Sc1ccccc1)[C@@H]1C(=O)C[C@H](OC(C)OCC)[C@@H]1C/C=C\CCCC(=O)OCC. The van der Waals surface area contributed by atoms with Gasteiger partial charge in [-0.15, -0.1) is 11.8 Å². The topological polar surface area (TPSA) is 61.8 Å². The number of rotatable bonds is 19. The van der Waals surface area contributed by atoms with Crippen molar-refractivity contribution in [1.82, 2.24) is 0 Å². The highest BCUT2D eigenvalue weighted by atomic mass is 32.2. The van der Waals surface area contributed by atoms with E-state index in [1.54, 1.807) is 11.8 Å². The van der Waals surface area contributed by atoms with E-state index in [-0.39, 0.29) is 41.2 Å². The Balaban J connectivity index is 2.18. The molecule has 1 fully saturated rings. The van der Waals surface area contributed by atoms with E-state index in [2.05, 4.69) is 43.4 Å². The van der Waals surface area contributed by atoms with E-state index in [0.29, 0.717) is 26.1 Å². The van der Waals surface area contributed by atoms with E-state index in [1.165, 1.54) is 24.2 Å². The van der Waals surface area contributed by atoms with E-state index in [0.717, 1.165) is 25.7 Å². The van der Waals surface area contributed by atoms with Crippen LogP contribution in [0.3, 0.4) is 0 Å². The van der Waals surface area contributed by atoms with Crippen molar-refractivity contribution in [2.75, 3.05) is 13.2 Å². The van der Waals surface area contributed by atoms with Gasteiger partial charge in [-0.2, -0.15) is 0 Å². The smallest absolute Gasteiger partial charge is 0.305 e. The molecule has 1 aliphatic carbocycles. The number of ether oxygens (including phenoxy) is 3. The lowest BCUT2D eigenvalue weighted by Crippen LogP contribution is -2.31. The van der Waals surface area contributed by atoms with Gasteiger partial charge in [-0.3, -0.25) is 9.59 Å². The van der Waals surface area contributed by atoms with Gasteiger partial charge in [-0.25, -0.2) is 0 Å². The number of carbonyl (C=O) groups excluding carboxylic acids is 2. The number of hydrogen-bond acceptors (Lipinski definition) is 6. The summed E-state index contributed by atoms with van der Waals surface area (Å²) in [5.41, 5.74) is 0. The molecule has 1 aromatic carbocycles. The Morgan fingerprint density at radius 1 is 1.03 bits per heavy atom. The molecule has 0 aliphatic heterocycles. The van der Waals surface area contributed by atoms with Gasteiger partial charge in [0.25, 0.3) is 0 Å². The number of esters is 1. The van der Waals surface area contributed by atoms with Crippen LogP contribution in [0.4, 0.5) is 0 Å². The van der Waals surface area contributed by atoms with E-state index >= 15 is 0 Å². The van der Waals surface area contributed by atoms with E-state index in [4.69, 9.17) is 14.2 Å². The van der Waals surface area contributed by atoms with E-state index in [9.17, 15) is 9.59 Å². The first-order valence-electron chi connectivity index (χ1n) is 14.5. The average Bonchev–Trinajstić information content (AvgIpc) is 3.20. The zero-order valence-corrected chi connectivity index (χ0v) is 24.6. The zero-order chi connectivity index (χ0) is 27.6. The van der Waals surface area contributed by atoms with Gasteiger partial charge in [0.2, 0.25) is 0 Å². The van der Waals surface area contributed by atoms with Crippen LogP contribution in [0.15, 0.2) is 59.5 Å². The van der Waals surface area contributed by atoms with E-state index in [1.807, 2.05) is 39.0 Å². The zero-order valence-electron chi connectivity index (χ0n) is 23.8. The molecular weight excluding hydrogens is 496 g/mol. The molecular formula is C32H48O5S. The Bertz CT molecular complexity index is 853. The second-order valence-electron chi connectivity index (χ2n) is 9.78. The fourth-order valence-corrected chi connectivity index (χ4v) is 6.27. The molecule has 0 radical (unpaired) electrons. The standard InChI is InChI=1S/C32H48O5S/c1-5-8-9-10-17-22-30(38-26-19-14-13-15-20-26)32-27(21-16-11-12-18-23-31(34)36-7-3)29(24-28(32)33)37-25(4)35-6-2/h11,13-17,19-20,22,25,27,29-30,32H,5-10,12,18,21,23-24H2,1-4H3/b16-11-,22-17+/t25?,27-,29-,30+,32-/m0/s1. The summed E-state index contributed by atoms with van der Waals surface area (Å²) < 4.78 is 17.0.